The van der Waals surface area contributed by atoms with Gasteiger partial charge in [-0.05, 0) is 67.1 Å². The van der Waals surface area contributed by atoms with E-state index < -0.39 is 0 Å². The van der Waals surface area contributed by atoms with Crippen LogP contribution in [0.1, 0.15) is 16.1 Å². The number of aryl methyl sites for hydroxylation is 1. The van der Waals surface area contributed by atoms with Crippen LogP contribution < -0.4 is 5.32 Å². The number of amides is 1. The summed E-state index contributed by atoms with van der Waals surface area (Å²) in [6, 6.07) is 14.7. The van der Waals surface area contributed by atoms with E-state index in [4.69, 9.17) is 4.42 Å². The molecule has 3 aromatic rings. The SMILES string of the molecule is Cc1cc(NC(=O)c2ccc(-c3ccc(F)cc3)o2)ccc1Br. The van der Waals surface area contributed by atoms with Gasteiger partial charge in [-0.1, -0.05) is 15.9 Å². The molecule has 0 unspecified atom stereocenters. The maximum atomic E-state index is 12.9. The van der Waals surface area contributed by atoms with Gasteiger partial charge in [0.1, 0.15) is 11.6 Å². The van der Waals surface area contributed by atoms with E-state index in [0.717, 1.165) is 10.0 Å². The Hall–Kier alpha value is -2.40. The van der Waals surface area contributed by atoms with Crippen molar-refractivity contribution in [1.29, 1.82) is 0 Å². The lowest BCUT2D eigenvalue weighted by molar-refractivity contribution is 0.0997. The molecule has 0 aliphatic rings. The van der Waals surface area contributed by atoms with Crippen LogP contribution >= 0.6 is 15.9 Å². The van der Waals surface area contributed by atoms with Crippen molar-refractivity contribution in [3.8, 4) is 11.3 Å². The summed E-state index contributed by atoms with van der Waals surface area (Å²) in [6.07, 6.45) is 0. The molecule has 0 saturated heterocycles. The molecule has 0 aliphatic heterocycles. The van der Waals surface area contributed by atoms with Gasteiger partial charge in [-0.15, -0.1) is 0 Å². The molecule has 1 amide bonds. The van der Waals surface area contributed by atoms with E-state index in [1.165, 1.54) is 12.1 Å². The molecular weight excluding hydrogens is 361 g/mol. The Morgan fingerprint density at radius 2 is 1.83 bits per heavy atom. The Morgan fingerprint density at radius 1 is 1.09 bits per heavy atom. The Morgan fingerprint density at radius 3 is 2.52 bits per heavy atom. The first-order chi connectivity index (χ1) is 11.0. The van der Waals surface area contributed by atoms with Crippen molar-refractivity contribution in [1.82, 2.24) is 0 Å². The van der Waals surface area contributed by atoms with Crippen LogP contribution in [0.5, 0.6) is 0 Å². The molecule has 0 radical (unpaired) electrons. The Balaban J connectivity index is 1.78. The maximum absolute atomic E-state index is 12.9. The van der Waals surface area contributed by atoms with Crippen LogP contribution in [-0.2, 0) is 0 Å². The van der Waals surface area contributed by atoms with Crippen molar-refractivity contribution in [3.63, 3.8) is 0 Å². The lowest BCUT2D eigenvalue weighted by Crippen LogP contribution is -2.10. The number of rotatable bonds is 3. The summed E-state index contributed by atoms with van der Waals surface area (Å²) in [5.74, 6) is 0.0657. The predicted octanol–water partition coefficient (Wildman–Crippen LogP) is 5.41. The van der Waals surface area contributed by atoms with Gasteiger partial charge >= 0.3 is 0 Å². The van der Waals surface area contributed by atoms with E-state index in [0.29, 0.717) is 17.0 Å². The number of furan rings is 1. The van der Waals surface area contributed by atoms with Crippen LogP contribution in [0.3, 0.4) is 0 Å². The van der Waals surface area contributed by atoms with Crippen LogP contribution in [0.15, 0.2) is 63.5 Å². The number of hydrogen-bond acceptors (Lipinski definition) is 2. The van der Waals surface area contributed by atoms with Gasteiger partial charge in [-0.3, -0.25) is 4.79 Å². The smallest absolute Gasteiger partial charge is 0.291 e. The number of halogens is 2. The summed E-state index contributed by atoms with van der Waals surface area (Å²) in [7, 11) is 0. The van der Waals surface area contributed by atoms with Gasteiger partial charge in [0.05, 0.1) is 0 Å². The molecule has 3 rings (SSSR count). The van der Waals surface area contributed by atoms with Crippen molar-refractivity contribution < 1.29 is 13.6 Å². The van der Waals surface area contributed by atoms with E-state index in [1.807, 2.05) is 19.1 Å². The van der Waals surface area contributed by atoms with E-state index in [-0.39, 0.29) is 17.5 Å². The minimum absolute atomic E-state index is 0.199. The minimum Gasteiger partial charge on any atom is -0.451 e. The highest BCUT2D eigenvalue weighted by atomic mass is 79.9. The molecule has 2 aromatic carbocycles. The average Bonchev–Trinajstić information content (AvgIpc) is 3.02. The Labute approximate surface area is 141 Å². The molecule has 0 fully saturated rings. The van der Waals surface area contributed by atoms with Gasteiger partial charge in [0.15, 0.2) is 5.76 Å². The number of hydrogen-bond donors (Lipinski definition) is 1. The van der Waals surface area contributed by atoms with Crippen molar-refractivity contribution in [2.45, 2.75) is 6.92 Å². The summed E-state index contributed by atoms with van der Waals surface area (Å²) in [4.78, 5) is 12.2. The van der Waals surface area contributed by atoms with E-state index >= 15 is 0 Å². The van der Waals surface area contributed by atoms with E-state index in [1.54, 1.807) is 30.3 Å². The summed E-state index contributed by atoms with van der Waals surface area (Å²) in [5, 5.41) is 2.79. The second-order valence-corrected chi connectivity index (χ2v) is 5.94. The lowest BCUT2D eigenvalue weighted by atomic mass is 10.2. The first-order valence-corrected chi connectivity index (χ1v) is 7.75. The molecule has 1 heterocycles. The highest BCUT2D eigenvalue weighted by Gasteiger charge is 2.13. The second kappa shape index (κ2) is 6.38. The molecule has 3 nitrogen and oxygen atoms in total. The van der Waals surface area contributed by atoms with Crippen molar-refractivity contribution >= 4 is 27.5 Å². The molecule has 0 aliphatic carbocycles. The average molecular weight is 374 g/mol. The van der Waals surface area contributed by atoms with Gasteiger partial charge in [0, 0.05) is 15.7 Å². The fourth-order valence-electron chi connectivity index (χ4n) is 2.14. The molecule has 0 bridgehead atoms. The Kier molecular flexibility index (Phi) is 4.30. The largest absolute Gasteiger partial charge is 0.451 e. The molecule has 1 aromatic heterocycles. The number of anilines is 1. The van der Waals surface area contributed by atoms with E-state index in [2.05, 4.69) is 21.2 Å². The van der Waals surface area contributed by atoms with Crippen molar-refractivity contribution in [2.75, 3.05) is 5.32 Å². The molecule has 0 atom stereocenters. The fraction of sp³-hybridized carbons (Fsp3) is 0.0556. The number of benzene rings is 2. The first-order valence-electron chi connectivity index (χ1n) is 6.96. The fourth-order valence-corrected chi connectivity index (χ4v) is 2.39. The minimum atomic E-state index is -0.333. The highest BCUT2D eigenvalue weighted by molar-refractivity contribution is 9.10. The third-order valence-corrected chi connectivity index (χ3v) is 4.26. The Bertz CT molecular complexity index is 856. The van der Waals surface area contributed by atoms with Gasteiger partial charge in [0.2, 0.25) is 0 Å². The van der Waals surface area contributed by atoms with Crippen LogP contribution in [0.4, 0.5) is 10.1 Å². The molecule has 116 valence electrons. The summed E-state index contributed by atoms with van der Waals surface area (Å²) < 4.78 is 19.5. The van der Waals surface area contributed by atoms with Gasteiger partial charge in [0.25, 0.3) is 5.91 Å². The van der Waals surface area contributed by atoms with Crippen LogP contribution in [-0.4, -0.2) is 5.91 Å². The predicted molar refractivity (Wildman–Crippen MR) is 90.9 cm³/mol. The third-order valence-electron chi connectivity index (χ3n) is 3.37. The van der Waals surface area contributed by atoms with E-state index in [9.17, 15) is 9.18 Å². The number of carbonyl (C=O) groups is 1. The zero-order chi connectivity index (χ0) is 16.4. The lowest BCUT2D eigenvalue weighted by Gasteiger charge is -2.05. The van der Waals surface area contributed by atoms with Crippen molar-refractivity contribution in [3.05, 3.63) is 76.2 Å². The third kappa shape index (κ3) is 3.51. The summed E-state index contributed by atoms with van der Waals surface area (Å²) in [6.45, 7) is 1.94. The summed E-state index contributed by atoms with van der Waals surface area (Å²) in [5.41, 5.74) is 2.43. The molecular formula is C18H13BrFNO2. The monoisotopic (exact) mass is 373 g/mol. The number of nitrogens with one attached hydrogen (secondary N) is 1. The second-order valence-electron chi connectivity index (χ2n) is 5.09. The van der Waals surface area contributed by atoms with Gasteiger partial charge in [-0.25, -0.2) is 4.39 Å². The zero-order valence-corrected chi connectivity index (χ0v) is 13.9. The highest BCUT2D eigenvalue weighted by Crippen LogP contribution is 2.24. The molecule has 0 saturated carbocycles. The van der Waals surface area contributed by atoms with Crippen molar-refractivity contribution in [2.24, 2.45) is 0 Å². The molecule has 1 N–H and O–H groups in total. The summed E-state index contributed by atoms with van der Waals surface area (Å²) >= 11 is 3.42. The molecule has 0 spiro atoms. The molecule has 5 heteroatoms. The standard InChI is InChI=1S/C18H13BrFNO2/c1-11-10-14(6-7-15(11)19)21-18(22)17-9-8-16(23-17)12-2-4-13(20)5-3-12/h2-10H,1H3,(H,21,22). The van der Waals surface area contributed by atoms with Gasteiger partial charge in [-0.2, -0.15) is 0 Å². The maximum Gasteiger partial charge on any atom is 0.291 e. The zero-order valence-electron chi connectivity index (χ0n) is 12.3. The number of carbonyl (C=O) groups excluding carboxylic acids is 1. The molecule has 23 heavy (non-hydrogen) atoms. The van der Waals surface area contributed by atoms with Crippen LogP contribution in [0.2, 0.25) is 0 Å². The normalized spacial score (nSPS) is 10.6. The van der Waals surface area contributed by atoms with Gasteiger partial charge < -0.3 is 9.73 Å². The topological polar surface area (TPSA) is 42.2 Å². The van der Waals surface area contributed by atoms with Crippen LogP contribution in [0, 0.1) is 12.7 Å². The quantitative estimate of drug-likeness (QED) is 0.666. The van der Waals surface area contributed by atoms with Crippen LogP contribution in [0.25, 0.3) is 11.3 Å². The first kappa shape index (κ1) is 15.5.